The lowest BCUT2D eigenvalue weighted by Gasteiger charge is -1.84. The third-order valence-corrected chi connectivity index (χ3v) is 2.09. The van der Waals surface area contributed by atoms with E-state index in [1.807, 2.05) is 4.08 Å². The van der Waals surface area contributed by atoms with Gasteiger partial charge in [0.15, 0.2) is 5.78 Å². The Hall–Kier alpha value is 0.140. The Bertz CT molecular complexity index is 137. The number of hydrogen-bond donors (Lipinski definition) is 0. The zero-order chi connectivity index (χ0) is 5.98. The van der Waals surface area contributed by atoms with Gasteiger partial charge in [-0.05, 0) is 16.9 Å². The van der Waals surface area contributed by atoms with Gasteiger partial charge in [0.1, 0.15) is 0 Å². The van der Waals surface area contributed by atoms with Crippen molar-refractivity contribution in [1.29, 1.82) is 0 Å². The van der Waals surface area contributed by atoms with Gasteiger partial charge in [-0.3, -0.25) is 4.79 Å². The molecule has 0 atom stereocenters. The van der Waals surface area contributed by atoms with Crippen molar-refractivity contribution < 1.29 is 4.79 Å². The average molecular weight is 222 g/mol. The maximum atomic E-state index is 10.7. The Morgan fingerprint density at radius 2 is 2.25 bits per heavy atom. The number of rotatable bonds is 0. The van der Waals surface area contributed by atoms with Crippen LogP contribution in [0.2, 0.25) is 0 Å². The molecule has 0 N–H and O–H groups in total. The first-order chi connectivity index (χ1) is 3.84. The van der Waals surface area contributed by atoms with Crippen LogP contribution in [0.5, 0.6) is 0 Å². The van der Waals surface area contributed by atoms with Crippen molar-refractivity contribution in [2.24, 2.45) is 0 Å². The molecule has 0 aromatic carbocycles. The minimum Gasteiger partial charge on any atom is -0.295 e. The molecule has 0 spiro atoms. The topological polar surface area (TPSA) is 17.1 Å². The quantitative estimate of drug-likeness (QED) is 0.452. The molecule has 44 valence electrons. The molecule has 0 aromatic heterocycles. The fraction of sp³-hybridized carbons (Fsp3) is 0.500. The molecule has 0 aromatic rings. The van der Waals surface area contributed by atoms with E-state index in [2.05, 4.69) is 22.6 Å². The molecule has 0 radical (unpaired) electrons. The second kappa shape index (κ2) is 2.62. The first-order valence-corrected chi connectivity index (χ1v) is 3.91. The predicted molar refractivity (Wildman–Crippen MR) is 41.0 cm³/mol. The molecule has 1 nitrogen and oxygen atoms in total. The Morgan fingerprint density at radius 3 is 2.50 bits per heavy atom. The van der Waals surface area contributed by atoms with E-state index in [-0.39, 0.29) is 0 Å². The minimum atomic E-state index is 0.347. The van der Waals surface area contributed by atoms with E-state index >= 15 is 0 Å². The van der Waals surface area contributed by atoms with Gasteiger partial charge in [0.05, 0.1) is 0 Å². The molecular weight excluding hydrogens is 215 g/mol. The molecule has 1 saturated carbocycles. The molecule has 2 heteroatoms. The SMILES string of the molecule is O=C1CCCC1=CI. The van der Waals surface area contributed by atoms with Crippen molar-refractivity contribution in [2.75, 3.05) is 0 Å². The van der Waals surface area contributed by atoms with Crippen LogP contribution in [0.25, 0.3) is 0 Å². The third-order valence-electron chi connectivity index (χ3n) is 1.34. The summed E-state index contributed by atoms with van der Waals surface area (Å²) >= 11 is 2.12. The molecule has 0 amide bonds. The number of hydrogen-bond acceptors (Lipinski definition) is 1. The monoisotopic (exact) mass is 222 g/mol. The van der Waals surface area contributed by atoms with Crippen molar-refractivity contribution >= 4 is 28.4 Å². The van der Waals surface area contributed by atoms with Crippen LogP contribution in [0.4, 0.5) is 0 Å². The number of ketones is 1. The molecule has 1 aliphatic carbocycles. The summed E-state index contributed by atoms with van der Waals surface area (Å²) in [4.78, 5) is 10.7. The lowest BCUT2D eigenvalue weighted by molar-refractivity contribution is -0.114. The van der Waals surface area contributed by atoms with Crippen LogP contribution in [0.3, 0.4) is 0 Å². The maximum absolute atomic E-state index is 10.7. The number of allylic oxidation sites excluding steroid dienone is 1. The molecule has 1 aliphatic rings. The normalized spacial score (nSPS) is 25.1. The largest absolute Gasteiger partial charge is 0.295 e. The molecule has 0 heterocycles. The fourth-order valence-electron chi connectivity index (χ4n) is 0.855. The molecule has 0 bridgehead atoms. The second-order valence-electron chi connectivity index (χ2n) is 1.91. The van der Waals surface area contributed by atoms with Gasteiger partial charge in [0.2, 0.25) is 0 Å². The number of carbonyl (C=O) groups is 1. The zero-order valence-electron chi connectivity index (χ0n) is 4.48. The number of carbonyl (C=O) groups excluding carboxylic acids is 1. The molecule has 0 saturated heterocycles. The van der Waals surface area contributed by atoms with Crippen molar-refractivity contribution in [3.63, 3.8) is 0 Å². The van der Waals surface area contributed by atoms with E-state index in [0.717, 1.165) is 24.8 Å². The standard InChI is InChI=1S/C6H7IO/c7-4-5-2-1-3-6(5)8/h4H,1-3H2. The fourth-order valence-corrected chi connectivity index (χ4v) is 1.51. The van der Waals surface area contributed by atoms with Crippen LogP contribution in [-0.4, -0.2) is 5.78 Å². The van der Waals surface area contributed by atoms with Gasteiger partial charge in [-0.1, -0.05) is 22.6 Å². The minimum absolute atomic E-state index is 0.347. The van der Waals surface area contributed by atoms with Crippen LogP contribution in [0.15, 0.2) is 9.66 Å². The summed E-state index contributed by atoms with van der Waals surface area (Å²) in [5.74, 6) is 0.347. The molecule has 0 unspecified atom stereocenters. The summed E-state index contributed by atoms with van der Waals surface area (Å²) in [6, 6.07) is 0. The van der Waals surface area contributed by atoms with Crippen LogP contribution in [0.1, 0.15) is 19.3 Å². The smallest absolute Gasteiger partial charge is 0.159 e. The van der Waals surface area contributed by atoms with Gasteiger partial charge in [0.25, 0.3) is 0 Å². The van der Waals surface area contributed by atoms with E-state index in [9.17, 15) is 4.79 Å². The highest BCUT2D eigenvalue weighted by Gasteiger charge is 2.15. The summed E-state index contributed by atoms with van der Waals surface area (Å²) < 4.78 is 1.90. The van der Waals surface area contributed by atoms with Gasteiger partial charge in [-0.25, -0.2) is 0 Å². The van der Waals surface area contributed by atoms with E-state index in [4.69, 9.17) is 0 Å². The van der Waals surface area contributed by atoms with Crippen LogP contribution in [0, 0.1) is 0 Å². The van der Waals surface area contributed by atoms with Crippen molar-refractivity contribution in [1.82, 2.24) is 0 Å². The molecule has 8 heavy (non-hydrogen) atoms. The summed E-state index contributed by atoms with van der Waals surface area (Å²) in [6.45, 7) is 0. The Morgan fingerprint density at radius 1 is 1.50 bits per heavy atom. The summed E-state index contributed by atoms with van der Waals surface area (Å²) in [7, 11) is 0. The number of halogens is 1. The highest BCUT2D eigenvalue weighted by atomic mass is 127. The lowest BCUT2D eigenvalue weighted by atomic mass is 10.2. The molecule has 1 rings (SSSR count). The third kappa shape index (κ3) is 1.10. The van der Waals surface area contributed by atoms with Crippen molar-refractivity contribution in [2.45, 2.75) is 19.3 Å². The van der Waals surface area contributed by atoms with Crippen molar-refractivity contribution in [3.8, 4) is 0 Å². The number of Topliss-reactive ketones (excluding diaryl/α,β-unsaturated/α-hetero) is 1. The highest BCUT2D eigenvalue weighted by molar-refractivity contribution is 14.1. The average Bonchev–Trinajstić information content (AvgIpc) is 2.14. The first-order valence-electron chi connectivity index (χ1n) is 2.67. The predicted octanol–water partition coefficient (Wildman–Crippen LogP) is 2.06. The second-order valence-corrected chi connectivity index (χ2v) is 2.53. The zero-order valence-corrected chi connectivity index (χ0v) is 6.64. The van der Waals surface area contributed by atoms with Crippen LogP contribution < -0.4 is 0 Å². The van der Waals surface area contributed by atoms with Crippen LogP contribution in [-0.2, 0) is 4.79 Å². The lowest BCUT2D eigenvalue weighted by Crippen LogP contribution is -1.88. The van der Waals surface area contributed by atoms with E-state index in [1.54, 1.807) is 0 Å². The van der Waals surface area contributed by atoms with E-state index in [1.165, 1.54) is 0 Å². The molecule has 1 fully saturated rings. The summed E-state index contributed by atoms with van der Waals surface area (Å²) in [5, 5.41) is 0. The van der Waals surface area contributed by atoms with Crippen molar-refractivity contribution in [3.05, 3.63) is 9.66 Å². The van der Waals surface area contributed by atoms with E-state index < -0.39 is 0 Å². The van der Waals surface area contributed by atoms with Gasteiger partial charge in [-0.15, -0.1) is 0 Å². The first kappa shape index (κ1) is 6.26. The Kier molecular flexibility index (Phi) is 2.05. The van der Waals surface area contributed by atoms with E-state index in [0.29, 0.717) is 5.78 Å². The maximum Gasteiger partial charge on any atom is 0.159 e. The highest BCUT2D eigenvalue weighted by Crippen LogP contribution is 2.20. The van der Waals surface area contributed by atoms with Crippen LogP contribution >= 0.6 is 22.6 Å². The Balaban J connectivity index is 2.69. The van der Waals surface area contributed by atoms with Gasteiger partial charge >= 0.3 is 0 Å². The van der Waals surface area contributed by atoms with Gasteiger partial charge < -0.3 is 0 Å². The molecular formula is C6H7IO. The van der Waals surface area contributed by atoms with Gasteiger partial charge in [0, 0.05) is 12.0 Å². The van der Waals surface area contributed by atoms with Gasteiger partial charge in [-0.2, -0.15) is 0 Å². The Labute approximate surface area is 62.3 Å². The molecule has 0 aliphatic heterocycles. The summed E-state index contributed by atoms with van der Waals surface area (Å²) in [5.41, 5.74) is 1.02. The summed E-state index contributed by atoms with van der Waals surface area (Å²) in [6.07, 6.45) is 2.84.